The molecule has 96 valence electrons. The summed E-state index contributed by atoms with van der Waals surface area (Å²) >= 11 is 5.57. The minimum atomic E-state index is -0.457. The molecule has 0 aliphatic heterocycles. The van der Waals surface area contributed by atoms with Gasteiger partial charge in [-0.15, -0.1) is 21.8 Å². The molecule has 2 rings (SSSR count). The molecule has 2 aromatic rings. The van der Waals surface area contributed by atoms with Gasteiger partial charge in [-0.1, -0.05) is 0 Å². The lowest BCUT2D eigenvalue weighted by atomic mass is 10.2. The van der Waals surface area contributed by atoms with Crippen LogP contribution < -0.4 is 4.74 Å². The molecule has 0 N–H and O–H groups in total. The van der Waals surface area contributed by atoms with Crippen LogP contribution in [0, 0.1) is 5.82 Å². The topological polar surface area (TPSA) is 48.2 Å². The summed E-state index contributed by atoms with van der Waals surface area (Å²) in [5.74, 6) is 1.13. The molecule has 0 fully saturated rings. The lowest BCUT2D eigenvalue weighted by Crippen LogP contribution is -1.88. The van der Waals surface area contributed by atoms with Crippen LogP contribution in [0.2, 0.25) is 0 Å². The highest BCUT2D eigenvalue weighted by molar-refractivity contribution is 6.17. The third kappa shape index (κ3) is 2.79. The van der Waals surface area contributed by atoms with Crippen molar-refractivity contribution in [3.05, 3.63) is 29.9 Å². The van der Waals surface area contributed by atoms with Gasteiger partial charge >= 0.3 is 0 Å². The molecule has 0 saturated carbocycles. The smallest absolute Gasteiger partial charge is 0.250 e. The van der Waals surface area contributed by atoms with E-state index in [-0.39, 0.29) is 11.5 Å². The van der Waals surface area contributed by atoms with E-state index in [1.54, 1.807) is 12.1 Å². The highest BCUT2D eigenvalue weighted by atomic mass is 35.5. The molecule has 0 atom stereocenters. The zero-order chi connectivity index (χ0) is 13.0. The molecule has 0 aliphatic carbocycles. The number of alkyl halides is 1. The van der Waals surface area contributed by atoms with E-state index in [4.69, 9.17) is 20.8 Å². The predicted octanol–water partition coefficient (Wildman–Crippen LogP) is 3.06. The summed E-state index contributed by atoms with van der Waals surface area (Å²) in [6, 6.07) is 4.46. The Hall–Kier alpha value is -1.62. The van der Waals surface area contributed by atoms with Crippen LogP contribution in [0.25, 0.3) is 11.5 Å². The molecule has 0 amide bonds. The van der Waals surface area contributed by atoms with Crippen LogP contribution in [0.4, 0.5) is 4.39 Å². The number of aryl methyl sites for hydroxylation is 1. The Balaban J connectivity index is 2.23. The standard InChI is InChI=1S/C12H12ClFN2O2/c1-17-8-4-5-9(10(14)7-8)12-16-15-11(18-12)3-2-6-13/h4-5,7H,2-3,6H2,1H3. The van der Waals surface area contributed by atoms with Gasteiger partial charge in [0, 0.05) is 18.4 Å². The zero-order valence-electron chi connectivity index (χ0n) is 9.82. The summed E-state index contributed by atoms with van der Waals surface area (Å²) in [5, 5.41) is 7.66. The van der Waals surface area contributed by atoms with Gasteiger partial charge in [0.2, 0.25) is 5.89 Å². The number of hydrogen-bond acceptors (Lipinski definition) is 4. The van der Waals surface area contributed by atoms with Crippen LogP contribution in [0.5, 0.6) is 5.75 Å². The number of hydrogen-bond donors (Lipinski definition) is 0. The van der Waals surface area contributed by atoms with E-state index in [2.05, 4.69) is 10.2 Å². The number of methoxy groups -OCH3 is 1. The monoisotopic (exact) mass is 270 g/mol. The summed E-state index contributed by atoms with van der Waals surface area (Å²) in [6.45, 7) is 0. The van der Waals surface area contributed by atoms with Gasteiger partial charge in [-0.2, -0.15) is 0 Å². The van der Waals surface area contributed by atoms with Gasteiger partial charge in [0.1, 0.15) is 11.6 Å². The Labute approximate surface area is 109 Å². The normalized spacial score (nSPS) is 10.6. The van der Waals surface area contributed by atoms with E-state index in [0.29, 0.717) is 23.9 Å². The summed E-state index contributed by atoms with van der Waals surface area (Å²) in [7, 11) is 1.48. The maximum Gasteiger partial charge on any atom is 0.250 e. The Kier molecular flexibility index (Phi) is 4.15. The molecule has 0 spiro atoms. The quantitative estimate of drug-likeness (QED) is 0.784. The fourth-order valence-corrected chi connectivity index (χ4v) is 1.61. The second kappa shape index (κ2) is 5.82. The molecule has 0 saturated heterocycles. The SMILES string of the molecule is COc1ccc(-c2nnc(CCCCl)o2)c(F)c1. The zero-order valence-corrected chi connectivity index (χ0v) is 10.6. The lowest BCUT2D eigenvalue weighted by Gasteiger charge is -2.01. The van der Waals surface area contributed by atoms with E-state index in [9.17, 15) is 4.39 Å². The molecule has 18 heavy (non-hydrogen) atoms. The number of benzene rings is 1. The highest BCUT2D eigenvalue weighted by Gasteiger charge is 2.13. The first-order valence-corrected chi connectivity index (χ1v) is 6.00. The van der Waals surface area contributed by atoms with Gasteiger partial charge in [-0.05, 0) is 18.6 Å². The van der Waals surface area contributed by atoms with Gasteiger partial charge in [0.15, 0.2) is 0 Å². The van der Waals surface area contributed by atoms with Crippen LogP contribution in [0.1, 0.15) is 12.3 Å². The fraction of sp³-hybridized carbons (Fsp3) is 0.333. The Bertz CT molecular complexity index is 531. The lowest BCUT2D eigenvalue weighted by molar-refractivity contribution is 0.411. The average molecular weight is 271 g/mol. The van der Waals surface area contributed by atoms with Crippen molar-refractivity contribution in [2.75, 3.05) is 13.0 Å². The van der Waals surface area contributed by atoms with Crippen LogP contribution in [-0.2, 0) is 6.42 Å². The highest BCUT2D eigenvalue weighted by Crippen LogP contribution is 2.25. The van der Waals surface area contributed by atoms with Crippen LogP contribution >= 0.6 is 11.6 Å². The summed E-state index contributed by atoms with van der Waals surface area (Å²) in [6.07, 6.45) is 1.34. The van der Waals surface area contributed by atoms with Crippen LogP contribution in [-0.4, -0.2) is 23.2 Å². The Morgan fingerprint density at radius 3 is 2.89 bits per heavy atom. The van der Waals surface area contributed by atoms with E-state index in [1.165, 1.54) is 13.2 Å². The number of halogens is 2. The van der Waals surface area contributed by atoms with Crippen molar-refractivity contribution in [1.29, 1.82) is 0 Å². The second-order valence-corrected chi connectivity index (χ2v) is 4.02. The summed E-state index contributed by atoms with van der Waals surface area (Å²) < 4.78 is 24.0. The molecule has 4 nitrogen and oxygen atoms in total. The van der Waals surface area contributed by atoms with Gasteiger partial charge in [-0.3, -0.25) is 0 Å². The molecule has 6 heteroatoms. The first-order valence-electron chi connectivity index (χ1n) is 5.47. The van der Waals surface area contributed by atoms with Crippen molar-refractivity contribution in [2.24, 2.45) is 0 Å². The van der Waals surface area contributed by atoms with Crippen molar-refractivity contribution in [3.8, 4) is 17.2 Å². The van der Waals surface area contributed by atoms with E-state index >= 15 is 0 Å². The van der Waals surface area contributed by atoms with Crippen LogP contribution in [0.3, 0.4) is 0 Å². The minimum Gasteiger partial charge on any atom is -0.497 e. The van der Waals surface area contributed by atoms with Gasteiger partial charge in [0.05, 0.1) is 12.7 Å². The van der Waals surface area contributed by atoms with E-state index < -0.39 is 5.82 Å². The predicted molar refractivity (Wildman–Crippen MR) is 65.3 cm³/mol. The molecule has 1 aromatic carbocycles. The molecule has 0 bridgehead atoms. The molecule has 0 radical (unpaired) electrons. The van der Waals surface area contributed by atoms with Crippen molar-refractivity contribution in [2.45, 2.75) is 12.8 Å². The minimum absolute atomic E-state index is 0.166. The van der Waals surface area contributed by atoms with Crippen molar-refractivity contribution < 1.29 is 13.5 Å². The molecule has 0 aliphatic rings. The van der Waals surface area contributed by atoms with Gasteiger partial charge in [0.25, 0.3) is 5.89 Å². The average Bonchev–Trinajstić information content (AvgIpc) is 2.84. The molecular formula is C12H12ClFN2O2. The number of ether oxygens (including phenoxy) is 1. The molecular weight excluding hydrogens is 259 g/mol. The third-order valence-corrected chi connectivity index (χ3v) is 2.67. The maximum atomic E-state index is 13.8. The Morgan fingerprint density at radius 2 is 2.22 bits per heavy atom. The number of aromatic nitrogens is 2. The first-order chi connectivity index (χ1) is 8.74. The molecule has 1 aromatic heterocycles. The summed E-state index contributed by atoms with van der Waals surface area (Å²) in [5.41, 5.74) is 0.264. The van der Waals surface area contributed by atoms with Crippen LogP contribution in [0.15, 0.2) is 22.6 Å². The first kappa shape index (κ1) is 12.8. The van der Waals surface area contributed by atoms with E-state index in [1.807, 2.05) is 0 Å². The third-order valence-electron chi connectivity index (χ3n) is 2.40. The number of nitrogens with zero attached hydrogens (tertiary/aromatic N) is 2. The summed E-state index contributed by atoms with van der Waals surface area (Å²) in [4.78, 5) is 0. The van der Waals surface area contributed by atoms with Gasteiger partial charge < -0.3 is 9.15 Å². The van der Waals surface area contributed by atoms with E-state index in [0.717, 1.165) is 6.42 Å². The van der Waals surface area contributed by atoms with Gasteiger partial charge in [-0.25, -0.2) is 4.39 Å². The number of rotatable bonds is 5. The maximum absolute atomic E-state index is 13.8. The van der Waals surface area contributed by atoms with Crippen molar-refractivity contribution in [3.63, 3.8) is 0 Å². The molecule has 0 unspecified atom stereocenters. The second-order valence-electron chi connectivity index (χ2n) is 3.64. The fourth-order valence-electron chi connectivity index (χ4n) is 1.48. The largest absolute Gasteiger partial charge is 0.497 e. The molecule has 1 heterocycles. The van der Waals surface area contributed by atoms with Crippen molar-refractivity contribution >= 4 is 11.6 Å². The van der Waals surface area contributed by atoms with Crippen molar-refractivity contribution in [1.82, 2.24) is 10.2 Å². The Morgan fingerprint density at radius 1 is 1.39 bits per heavy atom.